The van der Waals surface area contributed by atoms with Crippen molar-refractivity contribution in [2.24, 2.45) is 0 Å². The Hall–Kier alpha value is -1.78. The lowest BCUT2D eigenvalue weighted by Gasteiger charge is -2.11. The molecular weight excluding hydrogens is 208 g/mol. The Bertz CT molecular complexity index is 336. The third-order valence-electron chi connectivity index (χ3n) is 1.81. The van der Waals surface area contributed by atoms with Crippen molar-refractivity contribution < 1.29 is 14.3 Å². The summed E-state index contributed by atoms with van der Waals surface area (Å²) in [4.78, 5) is 16.5. The molecule has 0 aromatic carbocycles. The van der Waals surface area contributed by atoms with E-state index < -0.39 is 0 Å². The predicted octanol–water partition coefficient (Wildman–Crippen LogP) is 1.47. The van der Waals surface area contributed by atoms with Gasteiger partial charge >= 0.3 is 6.09 Å². The van der Waals surface area contributed by atoms with Gasteiger partial charge in [-0.2, -0.15) is 0 Å². The Morgan fingerprint density at radius 1 is 1.38 bits per heavy atom. The second kappa shape index (κ2) is 5.95. The lowest BCUT2D eigenvalue weighted by atomic mass is 10.3. The zero-order valence-electron chi connectivity index (χ0n) is 9.77. The standard InChI is InChI=1S/C11H16N2O3/c1-9-4-5-10(12-8-9)15-6-7-16-11(14)13(2)3/h4-5,8H,6-7H2,1-3H3. The van der Waals surface area contributed by atoms with Crippen LogP contribution in [0.5, 0.6) is 5.88 Å². The van der Waals surface area contributed by atoms with Gasteiger partial charge in [0, 0.05) is 26.4 Å². The zero-order chi connectivity index (χ0) is 12.0. The van der Waals surface area contributed by atoms with Gasteiger partial charge in [-0.25, -0.2) is 9.78 Å². The second-order valence-electron chi connectivity index (χ2n) is 3.53. The number of hydrogen-bond acceptors (Lipinski definition) is 4. The molecule has 0 bridgehead atoms. The van der Waals surface area contributed by atoms with E-state index in [9.17, 15) is 4.79 Å². The van der Waals surface area contributed by atoms with Crippen LogP contribution in [0.25, 0.3) is 0 Å². The van der Waals surface area contributed by atoms with Crippen molar-refractivity contribution in [3.8, 4) is 5.88 Å². The molecule has 1 heterocycles. The fourth-order valence-electron chi connectivity index (χ4n) is 0.944. The van der Waals surface area contributed by atoms with E-state index in [2.05, 4.69) is 4.98 Å². The molecular formula is C11H16N2O3. The van der Waals surface area contributed by atoms with Crippen LogP contribution in [0.1, 0.15) is 5.56 Å². The number of pyridine rings is 1. The normalized spacial score (nSPS) is 9.69. The molecule has 1 amide bonds. The SMILES string of the molecule is Cc1ccc(OCCOC(=O)N(C)C)nc1. The van der Waals surface area contributed by atoms with Crippen LogP contribution in [0.3, 0.4) is 0 Å². The molecule has 1 rings (SSSR count). The molecule has 1 aromatic rings. The molecule has 0 radical (unpaired) electrons. The highest BCUT2D eigenvalue weighted by atomic mass is 16.6. The summed E-state index contributed by atoms with van der Waals surface area (Å²) in [5, 5.41) is 0. The first-order chi connectivity index (χ1) is 7.59. The van der Waals surface area contributed by atoms with E-state index in [1.54, 1.807) is 26.4 Å². The van der Waals surface area contributed by atoms with Crippen molar-refractivity contribution in [1.29, 1.82) is 0 Å². The van der Waals surface area contributed by atoms with Gasteiger partial charge in [0.25, 0.3) is 0 Å². The highest BCUT2D eigenvalue weighted by Gasteiger charge is 2.03. The van der Waals surface area contributed by atoms with Gasteiger partial charge in [-0.1, -0.05) is 6.07 Å². The number of hydrogen-bond donors (Lipinski definition) is 0. The molecule has 0 aliphatic carbocycles. The summed E-state index contributed by atoms with van der Waals surface area (Å²) in [5.41, 5.74) is 1.08. The number of ether oxygens (including phenoxy) is 2. The van der Waals surface area contributed by atoms with Gasteiger partial charge in [0.2, 0.25) is 5.88 Å². The lowest BCUT2D eigenvalue weighted by molar-refractivity contribution is 0.101. The summed E-state index contributed by atoms with van der Waals surface area (Å²) in [6.45, 7) is 2.47. The van der Waals surface area contributed by atoms with Gasteiger partial charge in [-0.3, -0.25) is 0 Å². The molecule has 0 saturated carbocycles. The largest absolute Gasteiger partial charge is 0.474 e. The molecule has 16 heavy (non-hydrogen) atoms. The number of amides is 1. The number of carbonyl (C=O) groups excluding carboxylic acids is 1. The highest BCUT2D eigenvalue weighted by molar-refractivity contribution is 5.66. The van der Waals surface area contributed by atoms with Crippen molar-refractivity contribution in [2.45, 2.75) is 6.92 Å². The molecule has 0 aliphatic rings. The minimum atomic E-state index is -0.375. The fourth-order valence-corrected chi connectivity index (χ4v) is 0.944. The Morgan fingerprint density at radius 2 is 2.12 bits per heavy atom. The first-order valence-corrected chi connectivity index (χ1v) is 4.99. The van der Waals surface area contributed by atoms with E-state index in [0.717, 1.165) is 5.56 Å². The Balaban J connectivity index is 2.21. The van der Waals surface area contributed by atoms with Crippen LogP contribution in [0, 0.1) is 6.92 Å². The van der Waals surface area contributed by atoms with E-state index in [4.69, 9.17) is 9.47 Å². The van der Waals surface area contributed by atoms with Gasteiger partial charge < -0.3 is 14.4 Å². The first kappa shape index (κ1) is 12.3. The maximum Gasteiger partial charge on any atom is 0.409 e. The lowest BCUT2D eigenvalue weighted by Crippen LogP contribution is -2.24. The zero-order valence-corrected chi connectivity index (χ0v) is 9.77. The molecule has 5 heteroatoms. The van der Waals surface area contributed by atoms with Crippen LogP contribution < -0.4 is 4.74 Å². The Morgan fingerprint density at radius 3 is 2.69 bits per heavy atom. The Kier molecular flexibility index (Phi) is 4.57. The van der Waals surface area contributed by atoms with E-state index in [1.165, 1.54) is 4.90 Å². The van der Waals surface area contributed by atoms with Crippen LogP contribution in [-0.4, -0.2) is 43.3 Å². The number of carbonyl (C=O) groups is 1. The molecule has 0 N–H and O–H groups in total. The summed E-state index contributed by atoms with van der Waals surface area (Å²) in [5.74, 6) is 0.534. The monoisotopic (exact) mass is 224 g/mol. The van der Waals surface area contributed by atoms with Gasteiger partial charge in [0.05, 0.1) is 0 Å². The molecule has 0 aliphatic heterocycles. The summed E-state index contributed by atoms with van der Waals surface area (Å²) in [7, 11) is 3.26. The van der Waals surface area contributed by atoms with Crippen LogP contribution in [-0.2, 0) is 4.74 Å². The number of rotatable bonds is 4. The van der Waals surface area contributed by atoms with E-state index in [-0.39, 0.29) is 12.7 Å². The molecule has 0 spiro atoms. The molecule has 0 fully saturated rings. The molecule has 88 valence electrons. The van der Waals surface area contributed by atoms with Gasteiger partial charge in [-0.05, 0) is 12.5 Å². The van der Waals surface area contributed by atoms with Gasteiger partial charge in [0.15, 0.2) is 0 Å². The fraction of sp³-hybridized carbons (Fsp3) is 0.455. The van der Waals surface area contributed by atoms with E-state index in [0.29, 0.717) is 12.5 Å². The quantitative estimate of drug-likeness (QED) is 0.727. The highest BCUT2D eigenvalue weighted by Crippen LogP contribution is 2.06. The van der Waals surface area contributed by atoms with Crippen molar-refractivity contribution >= 4 is 6.09 Å². The number of aryl methyl sites for hydroxylation is 1. The molecule has 5 nitrogen and oxygen atoms in total. The predicted molar refractivity (Wildman–Crippen MR) is 59.5 cm³/mol. The smallest absolute Gasteiger partial charge is 0.409 e. The maximum absolute atomic E-state index is 11.0. The molecule has 0 atom stereocenters. The third kappa shape index (κ3) is 4.16. The molecule has 1 aromatic heterocycles. The van der Waals surface area contributed by atoms with Crippen molar-refractivity contribution in [2.75, 3.05) is 27.3 Å². The van der Waals surface area contributed by atoms with Crippen LogP contribution >= 0.6 is 0 Å². The molecule has 0 saturated heterocycles. The van der Waals surface area contributed by atoms with E-state index >= 15 is 0 Å². The summed E-state index contributed by atoms with van der Waals surface area (Å²) in [6.07, 6.45) is 1.35. The number of aromatic nitrogens is 1. The second-order valence-corrected chi connectivity index (χ2v) is 3.53. The minimum absolute atomic E-state index is 0.215. The van der Waals surface area contributed by atoms with Gasteiger partial charge in [0.1, 0.15) is 13.2 Å². The summed E-state index contributed by atoms with van der Waals surface area (Å²) < 4.78 is 10.2. The van der Waals surface area contributed by atoms with Gasteiger partial charge in [-0.15, -0.1) is 0 Å². The Labute approximate surface area is 95.0 Å². The minimum Gasteiger partial charge on any atom is -0.474 e. The van der Waals surface area contributed by atoms with Crippen molar-refractivity contribution in [3.63, 3.8) is 0 Å². The molecule has 0 unspecified atom stereocenters. The summed E-state index contributed by atoms with van der Waals surface area (Å²) in [6, 6.07) is 3.69. The van der Waals surface area contributed by atoms with Crippen LogP contribution in [0.2, 0.25) is 0 Å². The van der Waals surface area contributed by atoms with Crippen molar-refractivity contribution in [1.82, 2.24) is 9.88 Å². The average Bonchev–Trinajstić information content (AvgIpc) is 2.26. The average molecular weight is 224 g/mol. The number of nitrogens with zero attached hydrogens (tertiary/aromatic N) is 2. The maximum atomic E-state index is 11.0. The topological polar surface area (TPSA) is 51.7 Å². The van der Waals surface area contributed by atoms with Crippen LogP contribution in [0.15, 0.2) is 18.3 Å². The summed E-state index contributed by atoms with van der Waals surface area (Å²) >= 11 is 0. The van der Waals surface area contributed by atoms with Crippen LogP contribution in [0.4, 0.5) is 4.79 Å². The van der Waals surface area contributed by atoms with Crippen molar-refractivity contribution in [3.05, 3.63) is 23.9 Å². The van der Waals surface area contributed by atoms with E-state index in [1.807, 2.05) is 13.0 Å². The third-order valence-corrected chi connectivity index (χ3v) is 1.81. The first-order valence-electron chi connectivity index (χ1n) is 4.99.